The molecule has 0 spiro atoms. The molecule has 0 aliphatic rings. The second-order valence-corrected chi connectivity index (χ2v) is 5.92. The van der Waals surface area contributed by atoms with Crippen molar-refractivity contribution in [2.45, 2.75) is 0 Å². The number of non-ortho nitro benzene ring substituents is 1. The van der Waals surface area contributed by atoms with Crippen LogP contribution in [0, 0.1) is 14.9 Å². The van der Waals surface area contributed by atoms with Gasteiger partial charge in [0.1, 0.15) is 5.69 Å². The Balaban J connectivity index is 1.78. The van der Waals surface area contributed by atoms with Gasteiger partial charge in [0.15, 0.2) is 4.77 Å². The molecule has 3 rings (SSSR count). The maximum Gasteiger partial charge on any atom is 0.274 e. The normalized spacial score (nSPS) is 10.7. The Hall–Kier alpha value is -3.65. The van der Waals surface area contributed by atoms with E-state index in [0.717, 1.165) is 5.56 Å². The number of nitrogens with zero attached hydrogens (tertiary/aromatic N) is 2. The van der Waals surface area contributed by atoms with Crippen molar-refractivity contribution in [2.24, 2.45) is 0 Å². The summed E-state index contributed by atoms with van der Waals surface area (Å²) in [7, 11) is 0. The Morgan fingerprint density at radius 2 is 1.81 bits per heavy atom. The van der Waals surface area contributed by atoms with Gasteiger partial charge in [0.2, 0.25) is 0 Å². The van der Waals surface area contributed by atoms with Crippen molar-refractivity contribution in [3.05, 3.63) is 92.5 Å². The van der Waals surface area contributed by atoms with E-state index in [1.807, 2.05) is 36.4 Å². The molecule has 0 bridgehead atoms. The SMILES string of the molecule is O=C(Nc1ccc([N+](=O)[O-])cc1)c1cc(C=Cc2ccccc2)[nH]c(=S)n1. The smallest absolute Gasteiger partial charge is 0.274 e. The van der Waals surface area contributed by atoms with Crippen LogP contribution >= 0.6 is 12.2 Å². The van der Waals surface area contributed by atoms with E-state index < -0.39 is 10.8 Å². The summed E-state index contributed by atoms with van der Waals surface area (Å²) in [5, 5.41) is 13.3. The van der Waals surface area contributed by atoms with Crippen molar-refractivity contribution in [3.8, 4) is 0 Å². The van der Waals surface area contributed by atoms with Gasteiger partial charge < -0.3 is 10.3 Å². The van der Waals surface area contributed by atoms with E-state index in [-0.39, 0.29) is 16.2 Å². The van der Waals surface area contributed by atoms with Gasteiger partial charge in [0.05, 0.1) is 4.92 Å². The standard InChI is InChI=1S/C19H14N4O3S/c24-18(20-14-8-10-16(11-9-14)23(25)26)17-12-15(21-19(27)22-17)7-6-13-4-2-1-3-5-13/h1-12H,(H,20,24)(H,21,22,27). The Kier molecular flexibility index (Phi) is 5.48. The van der Waals surface area contributed by atoms with Crippen LogP contribution in [0.5, 0.6) is 0 Å². The Morgan fingerprint density at radius 3 is 2.48 bits per heavy atom. The Labute approximate surface area is 159 Å². The minimum absolute atomic E-state index is 0.0541. The summed E-state index contributed by atoms with van der Waals surface area (Å²) in [4.78, 5) is 29.6. The highest BCUT2D eigenvalue weighted by Crippen LogP contribution is 2.16. The molecule has 1 amide bonds. The maximum atomic E-state index is 12.4. The molecule has 1 aromatic heterocycles. The monoisotopic (exact) mass is 378 g/mol. The first-order valence-corrected chi connectivity index (χ1v) is 8.32. The number of aromatic nitrogens is 2. The van der Waals surface area contributed by atoms with Crippen LogP contribution in [0.2, 0.25) is 0 Å². The van der Waals surface area contributed by atoms with E-state index in [9.17, 15) is 14.9 Å². The topological polar surface area (TPSA) is 101 Å². The van der Waals surface area contributed by atoms with Crippen molar-refractivity contribution in [2.75, 3.05) is 5.32 Å². The molecule has 1 heterocycles. The predicted octanol–water partition coefficient (Wildman–Crippen LogP) is 4.47. The second kappa shape index (κ2) is 8.15. The lowest BCUT2D eigenvalue weighted by atomic mass is 10.2. The number of benzene rings is 2. The number of rotatable bonds is 5. The molecule has 3 aromatic rings. The van der Waals surface area contributed by atoms with Crippen LogP contribution < -0.4 is 5.32 Å². The molecular formula is C19H14N4O3S. The molecule has 8 heteroatoms. The molecule has 0 fully saturated rings. The van der Waals surface area contributed by atoms with Crippen molar-refractivity contribution >= 4 is 41.7 Å². The third-order valence-corrected chi connectivity index (χ3v) is 3.78. The zero-order valence-corrected chi connectivity index (χ0v) is 14.8. The summed E-state index contributed by atoms with van der Waals surface area (Å²) in [6, 6.07) is 16.8. The fourth-order valence-corrected chi connectivity index (χ4v) is 2.51. The first-order chi connectivity index (χ1) is 13.0. The number of H-pyrrole nitrogens is 1. The maximum absolute atomic E-state index is 12.4. The van der Waals surface area contributed by atoms with Crippen LogP contribution in [0.25, 0.3) is 12.2 Å². The van der Waals surface area contributed by atoms with Crippen LogP contribution in [-0.2, 0) is 0 Å². The zero-order valence-electron chi connectivity index (χ0n) is 14.0. The molecule has 134 valence electrons. The van der Waals surface area contributed by atoms with Gasteiger partial charge in [-0.25, -0.2) is 4.98 Å². The molecule has 0 atom stereocenters. The lowest BCUT2D eigenvalue weighted by Crippen LogP contribution is -2.14. The third-order valence-electron chi connectivity index (χ3n) is 3.59. The summed E-state index contributed by atoms with van der Waals surface area (Å²) < 4.78 is 0.180. The third kappa shape index (κ3) is 4.93. The fourth-order valence-electron chi connectivity index (χ4n) is 2.29. The van der Waals surface area contributed by atoms with Crippen molar-refractivity contribution < 1.29 is 9.72 Å². The summed E-state index contributed by atoms with van der Waals surface area (Å²) in [5.41, 5.74) is 2.15. The molecule has 0 unspecified atom stereocenters. The summed E-state index contributed by atoms with van der Waals surface area (Å²) in [5.74, 6) is -0.460. The molecule has 0 saturated heterocycles. The van der Waals surface area contributed by atoms with Gasteiger partial charge in [0, 0.05) is 23.5 Å². The highest BCUT2D eigenvalue weighted by Gasteiger charge is 2.10. The Morgan fingerprint density at radius 1 is 1.11 bits per heavy atom. The molecule has 2 aromatic carbocycles. The highest BCUT2D eigenvalue weighted by atomic mass is 32.1. The molecule has 7 nitrogen and oxygen atoms in total. The summed E-state index contributed by atoms with van der Waals surface area (Å²) >= 11 is 5.09. The van der Waals surface area contributed by atoms with Crippen molar-refractivity contribution in [3.63, 3.8) is 0 Å². The van der Waals surface area contributed by atoms with Crippen LogP contribution in [0.4, 0.5) is 11.4 Å². The van der Waals surface area contributed by atoms with Gasteiger partial charge in [-0.2, -0.15) is 0 Å². The summed E-state index contributed by atoms with van der Waals surface area (Å²) in [6.45, 7) is 0. The van der Waals surface area contributed by atoms with Crippen molar-refractivity contribution in [1.29, 1.82) is 0 Å². The molecule has 2 N–H and O–H groups in total. The number of carbonyl (C=O) groups is 1. The highest BCUT2D eigenvalue weighted by molar-refractivity contribution is 7.71. The zero-order chi connectivity index (χ0) is 19.2. The largest absolute Gasteiger partial charge is 0.331 e. The van der Waals surface area contributed by atoms with Crippen LogP contribution in [0.15, 0.2) is 60.7 Å². The number of hydrogen-bond donors (Lipinski definition) is 2. The van der Waals surface area contributed by atoms with Crippen LogP contribution in [0.1, 0.15) is 21.7 Å². The first kappa shape index (κ1) is 18.2. The number of nitro groups is 1. The first-order valence-electron chi connectivity index (χ1n) is 7.91. The van der Waals surface area contributed by atoms with Gasteiger partial charge >= 0.3 is 0 Å². The van der Waals surface area contributed by atoms with Crippen LogP contribution in [0.3, 0.4) is 0 Å². The van der Waals surface area contributed by atoms with Gasteiger partial charge in [0.25, 0.3) is 11.6 Å². The van der Waals surface area contributed by atoms with E-state index in [1.165, 1.54) is 24.3 Å². The second-order valence-electron chi connectivity index (χ2n) is 5.53. The number of hydrogen-bond acceptors (Lipinski definition) is 5. The van der Waals surface area contributed by atoms with E-state index in [2.05, 4.69) is 15.3 Å². The van der Waals surface area contributed by atoms with Gasteiger partial charge in [-0.1, -0.05) is 36.4 Å². The van der Waals surface area contributed by atoms with Crippen molar-refractivity contribution in [1.82, 2.24) is 9.97 Å². The number of aromatic amines is 1. The fraction of sp³-hybridized carbons (Fsp3) is 0. The number of carbonyl (C=O) groups excluding carboxylic acids is 1. The molecule has 0 radical (unpaired) electrons. The van der Waals surface area contributed by atoms with E-state index in [0.29, 0.717) is 11.4 Å². The van der Waals surface area contributed by atoms with E-state index in [1.54, 1.807) is 12.1 Å². The summed E-state index contributed by atoms with van der Waals surface area (Å²) in [6.07, 6.45) is 3.69. The van der Waals surface area contributed by atoms with E-state index in [4.69, 9.17) is 12.2 Å². The number of anilines is 1. The molecule has 27 heavy (non-hydrogen) atoms. The average Bonchev–Trinajstić information content (AvgIpc) is 2.67. The lowest BCUT2D eigenvalue weighted by molar-refractivity contribution is -0.384. The minimum atomic E-state index is -0.505. The van der Waals surface area contributed by atoms with Gasteiger partial charge in [-0.15, -0.1) is 0 Å². The molecule has 0 saturated carbocycles. The molecular weight excluding hydrogens is 364 g/mol. The lowest BCUT2D eigenvalue weighted by Gasteiger charge is -2.05. The quantitative estimate of drug-likeness (QED) is 0.387. The number of nitrogens with one attached hydrogen (secondary N) is 2. The van der Waals surface area contributed by atoms with E-state index >= 15 is 0 Å². The molecule has 0 aliphatic heterocycles. The van der Waals surface area contributed by atoms with Gasteiger partial charge in [-0.05, 0) is 42.1 Å². The number of nitro benzene ring substituents is 1. The predicted molar refractivity (Wildman–Crippen MR) is 106 cm³/mol. The molecule has 0 aliphatic carbocycles. The minimum Gasteiger partial charge on any atom is -0.331 e. The Bertz CT molecular complexity index is 1060. The average molecular weight is 378 g/mol. The van der Waals surface area contributed by atoms with Gasteiger partial charge in [-0.3, -0.25) is 14.9 Å². The number of amides is 1. The van der Waals surface area contributed by atoms with Crippen LogP contribution in [-0.4, -0.2) is 20.8 Å².